The molecule has 0 aliphatic rings. The lowest BCUT2D eigenvalue weighted by Crippen LogP contribution is -2.15. The van der Waals surface area contributed by atoms with Crippen molar-refractivity contribution in [1.82, 2.24) is 0 Å². The fourth-order valence-corrected chi connectivity index (χ4v) is 1.45. The van der Waals surface area contributed by atoms with Gasteiger partial charge in [-0.1, -0.05) is 39.5 Å². The average molecular weight is 233 g/mol. The van der Waals surface area contributed by atoms with Crippen LogP contribution in [0.2, 0.25) is 0 Å². The predicted molar refractivity (Wildman–Crippen MR) is 73.4 cm³/mol. The zero-order chi connectivity index (χ0) is 12.9. The van der Waals surface area contributed by atoms with Crippen LogP contribution in [0.4, 0.5) is 0 Å². The fraction of sp³-hybridized carbons (Fsp3) is 0.467. The highest BCUT2D eigenvalue weighted by Crippen LogP contribution is 2.28. The second-order valence-corrected chi connectivity index (χ2v) is 5.00. The number of hydrogen-bond acceptors (Lipinski definition) is 2. The van der Waals surface area contributed by atoms with E-state index < -0.39 is 0 Å². The van der Waals surface area contributed by atoms with E-state index in [1.54, 1.807) is 0 Å². The molecule has 17 heavy (non-hydrogen) atoms. The molecule has 94 valence electrons. The monoisotopic (exact) mass is 233 g/mol. The lowest BCUT2D eigenvalue weighted by atomic mass is 9.82. The number of ether oxygens (including phenoxy) is 1. The number of rotatable bonds is 6. The number of benzene rings is 1. The molecule has 1 rings (SSSR count). The molecule has 0 amide bonds. The molecular formula is C15H23NO. The Balaban J connectivity index is 2.65. The predicted octanol–water partition coefficient (Wildman–Crippen LogP) is 3.27. The van der Waals surface area contributed by atoms with E-state index in [0.717, 1.165) is 17.7 Å². The number of nitrogens with two attached hydrogens (primary N) is 1. The van der Waals surface area contributed by atoms with Gasteiger partial charge in [-0.25, -0.2) is 0 Å². The second-order valence-electron chi connectivity index (χ2n) is 5.00. The highest BCUT2D eigenvalue weighted by Gasteiger charge is 2.17. The molecule has 0 saturated carbocycles. The van der Waals surface area contributed by atoms with Crippen molar-refractivity contribution in [3.8, 4) is 5.75 Å². The topological polar surface area (TPSA) is 35.2 Å². The molecule has 0 spiro atoms. The molecule has 0 fully saturated rings. The third-order valence-electron chi connectivity index (χ3n) is 3.25. The lowest BCUT2D eigenvalue weighted by molar-refractivity contribution is 0.350. The first-order valence-electron chi connectivity index (χ1n) is 6.09. The minimum atomic E-state index is 0.222. The van der Waals surface area contributed by atoms with Crippen LogP contribution in [0.3, 0.4) is 0 Å². The summed E-state index contributed by atoms with van der Waals surface area (Å²) in [6.45, 7) is 11.5. The Bertz CT molecular complexity index is 365. The molecule has 2 nitrogen and oxygen atoms in total. The van der Waals surface area contributed by atoms with Gasteiger partial charge in [-0.3, -0.25) is 0 Å². The highest BCUT2D eigenvalue weighted by molar-refractivity contribution is 5.31. The normalized spacial score (nSPS) is 11.3. The first kappa shape index (κ1) is 13.8. The maximum atomic E-state index is 5.58. The first-order chi connectivity index (χ1) is 7.99. The van der Waals surface area contributed by atoms with Gasteiger partial charge in [-0.05, 0) is 35.1 Å². The first-order valence-corrected chi connectivity index (χ1v) is 6.09. The van der Waals surface area contributed by atoms with E-state index in [4.69, 9.17) is 10.5 Å². The van der Waals surface area contributed by atoms with Crippen LogP contribution in [-0.2, 0) is 5.41 Å². The third kappa shape index (κ3) is 3.90. The van der Waals surface area contributed by atoms with Crippen LogP contribution >= 0.6 is 0 Å². The maximum Gasteiger partial charge on any atom is 0.119 e. The van der Waals surface area contributed by atoms with Gasteiger partial charge in [0, 0.05) is 6.54 Å². The van der Waals surface area contributed by atoms with E-state index in [0.29, 0.717) is 13.2 Å². The second kappa shape index (κ2) is 5.87. The SMILES string of the molecule is C=C(CN)COc1ccc(C(C)(C)CC)cc1. The Morgan fingerprint density at radius 3 is 2.35 bits per heavy atom. The summed E-state index contributed by atoms with van der Waals surface area (Å²) in [4.78, 5) is 0. The Hall–Kier alpha value is -1.28. The summed E-state index contributed by atoms with van der Waals surface area (Å²) < 4.78 is 5.58. The molecule has 0 aromatic heterocycles. The summed E-state index contributed by atoms with van der Waals surface area (Å²) in [5.41, 5.74) is 7.92. The Kier molecular flexibility index (Phi) is 4.76. The summed E-state index contributed by atoms with van der Waals surface area (Å²) in [5, 5.41) is 0. The summed E-state index contributed by atoms with van der Waals surface area (Å²) in [7, 11) is 0. The van der Waals surface area contributed by atoms with Crippen LogP contribution in [0.25, 0.3) is 0 Å². The largest absolute Gasteiger partial charge is 0.489 e. The van der Waals surface area contributed by atoms with Gasteiger partial charge < -0.3 is 10.5 Å². The quantitative estimate of drug-likeness (QED) is 0.765. The molecule has 0 aliphatic heterocycles. The van der Waals surface area contributed by atoms with E-state index >= 15 is 0 Å². The van der Waals surface area contributed by atoms with Crippen molar-refractivity contribution in [2.75, 3.05) is 13.2 Å². The maximum absolute atomic E-state index is 5.58. The van der Waals surface area contributed by atoms with E-state index in [1.807, 2.05) is 12.1 Å². The smallest absolute Gasteiger partial charge is 0.119 e. The highest BCUT2D eigenvalue weighted by atomic mass is 16.5. The van der Waals surface area contributed by atoms with Crippen molar-refractivity contribution < 1.29 is 4.74 Å². The lowest BCUT2D eigenvalue weighted by Gasteiger charge is -2.23. The van der Waals surface area contributed by atoms with Crippen molar-refractivity contribution >= 4 is 0 Å². The van der Waals surface area contributed by atoms with Crippen LogP contribution in [0, 0.1) is 0 Å². The van der Waals surface area contributed by atoms with Crippen molar-refractivity contribution in [1.29, 1.82) is 0 Å². The summed E-state index contributed by atoms with van der Waals surface area (Å²) >= 11 is 0. The van der Waals surface area contributed by atoms with Gasteiger partial charge >= 0.3 is 0 Å². The summed E-state index contributed by atoms with van der Waals surface area (Å²) in [6.07, 6.45) is 1.12. The molecule has 1 aromatic rings. The van der Waals surface area contributed by atoms with Crippen molar-refractivity contribution in [3.63, 3.8) is 0 Å². The molecule has 0 heterocycles. The zero-order valence-corrected chi connectivity index (χ0v) is 11.1. The zero-order valence-electron chi connectivity index (χ0n) is 11.1. The molecule has 2 heteroatoms. The molecule has 1 aromatic carbocycles. The molecule has 0 saturated heterocycles. The minimum Gasteiger partial charge on any atom is -0.489 e. The Morgan fingerprint density at radius 2 is 1.88 bits per heavy atom. The van der Waals surface area contributed by atoms with Crippen molar-refractivity contribution in [3.05, 3.63) is 42.0 Å². The van der Waals surface area contributed by atoms with Crippen LogP contribution < -0.4 is 10.5 Å². The van der Waals surface area contributed by atoms with E-state index in [1.165, 1.54) is 5.56 Å². The molecule has 0 aliphatic carbocycles. The summed E-state index contributed by atoms with van der Waals surface area (Å²) in [5.74, 6) is 0.871. The van der Waals surface area contributed by atoms with Gasteiger partial charge in [0.1, 0.15) is 12.4 Å². The minimum absolute atomic E-state index is 0.222. The molecule has 0 unspecified atom stereocenters. The van der Waals surface area contributed by atoms with Gasteiger partial charge in [-0.15, -0.1) is 0 Å². The standard InChI is InChI=1S/C15H23NO/c1-5-15(3,4)13-6-8-14(9-7-13)17-11-12(2)10-16/h6-9H,2,5,10-11,16H2,1,3-4H3. The van der Waals surface area contributed by atoms with Gasteiger partial charge in [-0.2, -0.15) is 0 Å². The van der Waals surface area contributed by atoms with Crippen LogP contribution in [0.15, 0.2) is 36.4 Å². The van der Waals surface area contributed by atoms with Gasteiger partial charge in [0.2, 0.25) is 0 Å². The average Bonchev–Trinajstić information content (AvgIpc) is 2.36. The molecule has 2 N–H and O–H groups in total. The summed E-state index contributed by atoms with van der Waals surface area (Å²) in [6, 6.07) is 8.28. The Labute approximate surface area is 104 Å². The van der Waals surface area contributed by atoms with Gasteiger partial charge in [0.15, 0.2) is 0 Å². The van der Waals surface area contributed by atoms with Crippen molar-refractivity contribution in [2.45, 2.75) is 32.6 Å². The van der Waals surface area contributed by atoms with E-state index in [-0.39, 0.29) is 5.41 Å². The van der Waals surface area contributed by atoms with Crippen molar-refractivity contribution in [2.24, 2.45) is 5.73 Å². The molecule has 0 bridgehead atoms. The molecule has 0 atom stereocenters. The van der Waals surface area contributed by atoms with Crippen LogP contribution in [-0.4, -0.2) is 13.2 Å². The van der Waals surface area contributed by atoms with Crippen LogP contribution in [0.5, 0.6) is 5.75 Å². The fourth-order valence-electron chi connectivity index (χ4n) is 1.45. The van der Waals surface area contributed by atoms with E-state index in [2.05, 4.69) is 39.5 Å². The van der Waals surface area contributed by atoms with Gasteiger partial charge in [0.05, 0.1) is 0 Å². The van der Waals surface area contributed by atoms with Crippen LogP contribution in [0.1, 0.15) is 32.8 Å². The Morgan fingerprint density at radius 1 is 1.29 bits per heavy atom. The third-order valence-corrected chi connectivity index (χ3v) is 3.25. The molecular weight excluding hydrogens is 210 g/mol. The van der Waals surface area contributed by atoms with Gasteiger partial charge in [0.25, 0.3) is 0 Å². The number of hydrogen-bond donors (Lipinski definition) is 1. The molecule has 0 radical (unpaired) electrons. The van der Waals surface area contributed by atoms with E-state index in [9.17, 15) is 0 Å².